The van der Waals surface area contributed by atoms with Crippen molar-refractivity contribution < 1.29 is 0 Å². The molecule has 0 aliphatic rings. The molecule has 0 amide bonds. The summed E-state index contributed by atoms with van der Waals surface area (Å²) >= 11 is 0. The van der Waals surface area contributed by atoms with Crippen molar-refractivity contribution in [1.82, 2.24) is 27.8 Å². The molecule has 0 N–H and O–H groups in total. The van der Waals surface area contributed by atoms with Gasteiger partial charge in [-0.15, -0.1) is 0 Å². The van der Waals surface area contributed by atoms with E-state index in [0.29, 0.717) is 11.3 Å². The molecule has 374 valence electrons. The number of aryl methyl sites for hydroxylation is 4. The van der Waals surface area contributed by atoms with Crippen LogP contribution in [-0.4, -0.2) is 27.8 Å². The summed E-state index contributed by atoms with van der Waals surface area (Å²) in [5.74, 6) is 0. The maximum atomic E-state index is 9.62. The fourth-order valence-electron chi connectivity index (χ4n) is 12.5. The summed E-state index contributed by atoms with van der Waals surface area (Å²) in [6, 6.07) is 81.3. The molecule has 0 fully saturated rings. The summed E-state index contributed by atoms with van der Waals surface area (Å²) in [6.45, 7) is 9.23. The first-order valence-electron chi connectivity index (χ1n) is 26.5. The average Bonchev–Trinajstić information content (AvgIpc) is 4.37. The predicted octanol–water partition coefficient (Wildman–Crippen LogP) is 18.0. The van der Waals surface area contributed by atoms with Gasteiger partial charge in [0, 0.05) is 98.2 Å². The number of benzene rings is 10. The van der Waals surface area contributed by atoms with Gasteiger partial charge in [0.2, 0.25) is 0 Å². The Hall–Kier alpha value is -10.7. The van der Waals surface area contributed by atoms with Gasteiger partial charge in [0.05, 0.1) is 50.8 Å². The zero-order valence-corrected chi connectivity index (χ0v) is 44.0. The fraction of sp³-hybridized carbons (Fsp3) is 0.0563. The second-order valence-corrected chi connectivity index (χ2v) is 20.4. The standard InChI is InChI=1S/C32H21N3.C26H20N2.C13H9N3/c1-34-29-17-16-22(19-28(29)27-13-7-9-23(20-33)32(27)34)21-8-6-10-24(18-21)35-30-14-4-2-11-25(30)26-12-3-5-15-31(26)35;1-17-8-7-11-22-21-15-14-18(16-25(21)27(2)26(17)22)28-23-12-5-3-9-19(23)20-10-4-6-13-24(20)28;1-14-9-5-6-12-11(8-9)10-4-3-7-15-13(10)16(12)2/h2-19H,1H3;3-16H,1-2H3;3-8H,2H3. The summed E-state index contributed by atoms with van der Waals surface area (Å²) in [4.78, 5) is 7.82. The molecule has 16 aromatic rings. The van der Waals surface area contributed by atoms with Crippen molar-refractivity contribution in [2.45, 2.75) is 6.92 Å². The molecular formula is C71H50N8. The van der Waals surface area contributed by atoms with Gasteiger partial charge in [-0.1, -0.05) is 133 Å². The SMILES string of the molecule is Cc1cccc2c3ccc(-n4c5ccccc5c5ccccc54)cc3n(C)c12.Cn1c2ccc(-c3cccc(-n4c5ccccc5c5ccccc54)c3)cc2c2cccc(C#N)c21.[C-]#[N+]c1ccc2c(c1)c1cccnc1n2C. The smallest absolute Gasteiger partial charge is 0.188 e. The van der Waals surface area contributed by atoms with Gasteiger partial charge in [-0.25, -0.2) is 9.83 Å². The van der Waals surface area contributed by atoms with Crippen molar-refractivity contribution in [2.24, 2.45) is 21.1 Å². The molecule has 0 bridgehead atoms. The maximum absolute atomic E-state index is 9.62. The molecule has 79 heavy (non-hydrogen) atoms. The molecule has 0 saturated heterocycles. The van der Waals surface area contributed by atoms with Crippen molar-refractivity contribution in [3.63, 3.8) is 0 Å². The average molecular weight is 1020 g/mol. The van der Waals surface area contributed by atoms with Crippen LogP contribution in [-0.2, 0) is 21.1 Å². The minimum atomic E-state index is 0.670. The Kier molecular flexibility index (Phi) is 11.0. The van der Waals surface area contributed by atoms with Crippen molar-refractivity contribution in [3.05, 3.63) is 253 Å². The number of para-hydroxylation sites is 6. The zero-order chi connectivity index (χ0) is 53.5. The van der Waals surface area contributed by atoms with Gasteiger partial charge in [0.1, 0.15) is 11.7 Å². The molecule has 0 aliphatic heterocycles. The topological polar surface area (TPSA) is 65.7 Å². The Labute approximate surface area is 455 Å². The van der Waals surface area contributed by atoms with E-state index in [4.69, 9.17) is 6.57 Å². The van der Waals surface area contributed by atoms with E-state index in [2.05, 4.69) is 235 Å². The highest BCUT2D eigenvalue weighted by molar-refractivity contribution is 6.14. The summed E-state index contributed by atoms with van der Waals surface area (Å²) in [5, 5.41) is 21.9. The number of hydrogen-bond acceptors (Lipinski definition) is 2. The highest BCUT2D eigenvalue weighted by Gasteiger charge is 2.18. The lowest BCUT2D eigenvalue weighted by Gasteiger charge is -2.10. The summed E-state index contributed by atoms with van der Waals surface area (Å²) in [5.41, 5.74) is 19.0. The van der Waals surface area contributed by atoms with Gasteiger partial charge in [-0.2, -0.15) is 5.26 Å². The zero-order valence-electron chi connectivity index (χ0n) is 44.0. The minimum absolute atomic E-state index is 0.670. The van der Waals surface area contributed by atoms with E-state index in [0.717, 1.165) is 49.6 Å². The van der Waals surface area contributed by atoms with Gasteiger partial charge >= 0.3 is 0 Å². The third kappa shape index (κ3) is 7.38. The second-order valence-electron chi connectivity index (χ2n) is 20.4. The lowest BCUT2D eigenvalue weighted by atomic mass is 10.0. The number of aromatic nitrogens is 6. The van der Waals surface area contributed by atoms with E-state index in [1.807, 2.05) is 56.6 Å². The Balaban J connectivity index is 0.000000114. The lowest BCUT2D eigenvalue weighted by Crippen LogP contribution is -1.95. The van der Waals surface area contributed by atoms with E-state index in [-0.39, 0.29) is 0 Å². The van der Waals surface area contributed by atoms with Gasteiger partial charge < -0.3 is 22.8 Å². The van der Waals surface area contributed by atoms with Gasteiger partial charge in [-0.05, 0) is 120 Å². The molecule has 6 aromatic heterocycles. The molecule has 0 atom stereocenters. The molecule has 0 spiro atoms. The second kappa shape index (κ2) is 18.6. The van der Waals surface area contributed by atoms with Crippen molar-refractivity contribution in [2.75, 3.05) is 0 Å². The molecule has 0 saturated carbocycles. The number of fused-ring (bicyclic) bond motifs is 15. The molecule has 8 nitrogen and oxygen atoms in total. The van der Waals surface area contributed by atoms with Crippen LogP contribution in [0.5, 0.6) is 0 Å². The monoisotopic (exact) mass is 1010 g/mol. The van der Waals surface area contributed by atoms with Crippen LogP contribution in [0.2, 0.25) is 0 Å². The third-order valence-corrected chi connectivity index (χ3v) is 16.1. The van der Waals surface area contributed by atoms with E-state index >= 15 is 0 Å². The van der Waals surface area contributed by atoms with E-state index in [1.54, 1.807) is 6.20 Å². The summed E-state index contributed by atoms with van der Waals surface area (Å²) < 4.78 is 11.2. The van der Waals surface area contributed by atoms with Crippen LogP contribution < -0.4 is 0 Å². The Morgan fingerprint density at radius 3 is 1.54 bits per heavy atom. The van der Waals surface area contributed by atoms with Crippen LogP contribution in [0.15, 0.2) is 231 Å². The molecular weight excluding hydrogens is 965 g/mol. The molecule has 0 unspecified atom stereocenters. The van der Waals surface area contributed by atoms with Crippen LogP contribution in [0.1, 0.15) is 11.1 Å². The number of nitriles is 1. The first-order chi connectivity index (χ1) is 38.8. The Morgan fingerprint density at radius 2 is 0.899 bits per heavy atom. The summed E-state index contributed by atoms with van der Waals surface area (Å²) in [7, 11) is 6.20. The maximum Gasteiger partial charge on any atom is 0.188 e. The van der Waals surface area contributed by atoms with Crippen LogP contribution in [0.25, 0.3) is 137 Å². The first-order valence-corrected chi connectivity index (χ1v) is 26.5. The summed E-state index contributed by atoms with van der Waals surface area (Å²) in [6.07, 6.45) is 1.79. The minimum Gasteiger partial charge on any atom is -0.343 e. The first kappa shape index (κ1) is 46.8. The number of pyridine rings is 1. The van der Waals surface area contributed by atoms with Crippen molar-refractivity contribution in [3.8, 4) is 28.6 Å². The number of nitrogens with zero attached hydrogens (tertiary/aromatic N) is 8. The lowest BCUT2D eigenvalue weighted by molar-refractivity contribution is 0.990. The van der Waals surface area contributed by atoms with E-state index in [1.165, 1.54) is 87.6 Å². The van der Waals surface area contributed by atoms with Crippen LogP contribution >= 0.6 is 0 Å². The number of hydrogen-bond donors (Lipinski definition) is 0. The largest absolute Gasteiger partial charge is 0.343 e. The van der Waals surface area contributed by atoms with Crippen LogP contribution in [0.4, 0.5) is 5.69 Å². The molecule has 16 rings (SSSR count). The van der Waals surface area contributed by atoms with Gasteiger partial charge in [0.25, 0.3) is 0 Å². The fourth-order valence-corrected chi connectivity index (χ4v) is 12.5. The van der Waals surface area contributed by atoms with E-state index < -0.39 is 0 Å². The molecule has 6 heterocycles. The van der Waals surface area contributed by atoms with Gasteiger partial charge in [-0.3, -0.25) is 0 Å². The normalized spacial score (nSPS) is 11.5. The Morgan fingerprint density at radius 1 is 0.392 bits per heavy atom. The quantitative estimate of drug-likeness (QED) is 0.166. The van der Waals surface area contributed by atoms with Crippen molar-refractivity contribution >= 4 is 115 Å². The highest BCUT2D eigenvalue weighted by Crippen LogP contribution is 2.39. The predicted molar refractivity (Wildman–Crippen MR) is 329 cm³/mol. The molecule has 0 radical (unpaired) electrons. The number of rotatable bonds is 3. The molecule has 10 aromatic carbocycles. The van der Waals surface area contributed by atoms with Crippen LogP contribution in [0.3, 0.4) is 0 Å². The van der Waals surface area contributed by atoms with Crippen LogP contribution in [0, 0.1) is 24.8 Å². The Bertz CT molecular complexity index is 5130. The third-order valence-electron chi connectivity index (χ3n) is 16.1. The molecule has 8 heteroatoms. The van der Waals surface area contributed by atoms with Gasteiger partial charge in [0.15, 0.2) is 5.69 Å². The highest BCUT2D eigenvalue weighted by atomic mass is 15.0. The van der Waals surface area contributed by atoms with Crippen molar-refractivity contribution in [1.29, 1.82) is 5.26 Å². The van der Waals surface area contributed by atoms with E-state index in [9.17, 15) is 5.26 Å². The molecule has 0 aliphatic carbocycles.